The molecule has 24 heavy (non-hydrogen) atoms. The number of hydrogen-bond donors (Lipinski definition) is 0. The molecule has 0 spiro atoms. The molecule has 0 aromatic heterocycles. The summed E-state index contributed by atoms with van der Waals surface area (Å²) in [5.41, 5.74) is -2.33. The molecule has 1 aromatic carbocycles. The summed E-state index contributed by atoms with van der Waals surface area (Å²) in [5, 5.41) is 11.3. The molecule has 0 radical (unpaired) electrons. The first-order chi connectivity index (χ1) is 11.0. The first-order valence-corrected chi connectivity index (χ1v) is 6.89. The van der Waals surface area contributed by atoms with Gasteiger partial charge in [-0.3, -0.25) is 14.9 Å². The van der Waals surface area contributed by atoms with Gasteiger partial charge in [-0.1, -0.05) is 6.07 Å². The quantitative estimate of drug-likeness (QED) is 0.472. The lowest BCUT2D eigenvalue weighted by Crippen LogP contribution is -2.41. The molecule has 0 aliphatic rings. The Morgan fingerprint density at radius 1 is 1.21 bits per heavy atom. The van der Waals surface area contributed by atoms with E-state index < -0.39 is 39.9 Å². The van der Waals surface area contributed by atoms with Crippen molar-refractivity contribution in [2.75, 3.05) is 12.0 Å². The summed E-state index contributed by atoms with van der Waals surface area (Å²) in [6.45, 7) is 5.75. The molecule has 1 rings (SSSR count). The molecule has 0 N–H and O–H groups in total. The van der Waals surface area contributed by atoms with Gasteiger partial charge in [0.2, 0.25) is 5.91 Å². The second kappa shape index (κ2) is 7.07. The van der Waals surface area contributed by atoms with E-state index in [0.717, 1.165) is 20.1 Å². The third-order valence-corrected chi connectivity index (χ3v) is 2.73. The van der Waals surface area contributed by atoms with E-state index in [2.05, 4.69) is 4.74 Å². The largest absolute Gasteiger partial charge is 0.465 e. The monoisotopic (exact) mass is 338 g/mol. The molecular formula is C15H18N2O7. The maximum absolute atomic E-state index is 12.3. The predicted molar refractivity (Wildman–Crippen MR) is 83.8 cm³/mol. The van der Waals surface area contributed by atoms with Crippen LogP contribution in [0.4, 0.5) is 16.2 Å². The number of esters is 1. The van der Waals surface area contributed by atoms with Crippen molar-refractivity contribution >= 4 is 29.3 Å². The van der Waals surface area contributed by atoms with Gasteiger partial charge in [0, 0.05) is 13.0 Å². The molecule has 0 aliphatic heterocycles. The standard InChI is InChI=1S/C15H18N2O7/c1-9(18)16(14(20)24-15(2,3)4)12-10(13(19)23-5)7-6-8-11(12)17(21)22/h6-8H,1-5H3. The summed E-state index contributed by atoms with van der Waals surface area (Å²) in [7, 11) is 1.08. The lowest BCUT2D eigenvalue weighted by atomic mass is 10.1. The molecule has 130 valence electrons. The average molecular weight is 338 g/mol. The highest BCUT2D eigenvalue weighted by Gasteiger charge is 2.35. The normalized spacial score (nSPS) is 10.7. The van der Waals surface area contributed by atoms with Gasteiger partial charge in [-0.2, -0.15) is 0 Å². The van der Waals surface area contributed by atoms with Crippen LogP contribution in [0.3, 0.4) is 0 Å². The minimum atomic E-state index is -1.13. The predicted octanol–water partition coefficient (Wildman–Crippen LogP) is 2.67. The Morgan fingerprint density at radius 2 is 1.79 bits per heavy atom. The van der Waals surface area contributed by atoms with Gasteiger partial charge in [0.15, 0.2) is 0 Å². The van der Waals surface area contributed by atoms with Crippen LogP contribution >= 0.6 is 0 Å². The fraction of sp³-hybridized carbons (Fsp3) is 0.400. The lowest BCUT2D eigenvalue weighted by Gasteiger charge is -2.26. The summed E-state index contributed by atoms with van der Waals surface area (Å²) < 4.78 is 9.68. The van der Waals surface area contributed by atoms with E-state index in [1.165, 1.54) is 12.1 Å². The van der Waals surface area contributed by atoms with E-state index in [1.807, 2.05) is 0 Å². The maximum Gasteiger partial charge on any atom is 0.421 e. The smallest absolute Gasteiger partial charge is 0.421 e. The van der Waals surface area contributed by atoms with Crippen LogP contribution < -0.4 is 4.90 Å². The Bertz CT molecular complexity index is 692. The second-order valence-electron chi connectivity index (χ2n) is 5.76. The average Bonchev–Trinajstić information content (AvgIpc) is 2.44. The molecule has 0 bridgehead atoms. The van der Waals surface area contributed by atoms with Crippen LogP contribution in [0.5, 0.6) is 0 Å². The zero-order chi connectivity index (χ0) is 18.7. The van der Waals surface area contributed by atoms with Crippen molar-refractivity contribution in [1.82, 2.24) is 0 Å². The number of carbonyl (C=O) groups is 3. The fourth-order valence-electron chi connectivity index (χ4n) is 1.87. The van der Waals surface area contributed by atoms with Crippen molar-refractivity contribution in [3.8, 4) is 0 Å². The second-order valence-corrected chi connectivity index (χ2v) is 5.76. The SMILES string of the molecule is COC(=O)c1cccc([N+](=O)[O-])c1N(C(C)=O)C(=O)OC(C)(C)C. The summed E-state index contributed by atoms with van der Waals surface area (Å²) in [6.07, 6.45) is -1.13. The highest BCUT2D eigenvalue weighted by atomic mass is 16.6. The Labute approximate surface area is 138 Å². The molecule has 0 atom stereocenters. The van der Waals surface area contributed by atoms with Crippen LogP contribution in [-0.4, -0.2) is 35.6 Å². The molecule has 0 heterocycles. The first kappa shape index (κ1) is 19.1. The van der Waals surface area contributed by atoms with E-state index in [4.69, 9.17) is 4.74 Å². The molecule has 1 aromatic rings. The number of imide groups is 1. The number of methoxy groups -OCH3 is 1. The van der Waals surface area contributed by atoms with Crippen LogP contribution in [0.1, 0.15) is 38.1 Å². The molecule has 0 fully saturated rings. The minimum absolute atomic E-state index is 0.298. The van der Waals surface area contributed by atoms with Gasteiger partial charge in [0.1, 0.15) is 11.3 Å². The molecule has 0 saturated carbocycles. The molecular weight excluding hydrogens is 320 g/mol. The van der Waals surface area contributed by atoms with Gasteiger partial charge in [-0.25, -0.2) is 14.5 Å². The molecule has 0 saturated heterocycles. The van der Waals surface area contributed by atoms with Gasteiger partial charge < -0.3 is 9.47 Å². The molecule has 0 aliphatic carbocycles. The number of para-hydroxylation sites is 1. The van der Waals surface area contributed by atoms with E-state index >= 15 is 0 Å². The highest BCUT2D eigenvalue weighted by molar-refractivity contribution is 6.16. The highest BCUT2D eigenvalue weighted by Crippen LogP contribution is 2.33. The van der Waals surface area contributed by atoms with Crippen LogP contribution in [0, 0.1) is 10.1 Å². The molecule has 9 nitrogen and oxygen atoms in total. The van der Waals surface area contributed by atoms with Crippen molar-refractivity contribution in [3.63, 3.8) is 0 Å². The van der Waals surface area contributed by atoms with Crippen molar-refractivity contribution in [2.45, 2.75) is 33.3 Å². The number of benzene rings is 1. The number of nitro benzene ring substituents is 1. The van der Waals surface area contributed by atoms with Crippen LogP contribution in [0.15, 0.2) is 18.2 Å². The van der Waals surface area contributed by atoms with Gasteiger partial charge in [0.25, 0.3) is 5.69 Å². The van der Waals surface area contributed by atoms with E-state index in [-0.39, 0.29) is 5.56 Å². The van der Waals surface area contributed by atoms with E-state index in [0.29, 0.717) is 4.90 Å². The lowest BCUT2D eigenvalue weighted by molar-refractivity contribution is -0.384. The number of ether oxygens (including phenoxy) is 2. The molecule has 2 amide bonds. The number of nitrogens with zero attached hydrogens (tertiary/aromatic N) is 2. The Balaban J connectivity index is 3.63. The summed E-state index contributed by atoms with van der Waals surface area (Å²) >= 11 is 0. The van der Waals surface area contributed by atoms with Gasteiger partial charge in [-0.05, 0) is 26.8 Å². The summed E-state index contributed by atoms with van der Waals surface area (Å²) in [4.78, 5) is 47.1. The number of anilines is 1. The van der Waals surface area contributed by atoms with E-state index in [9.17, 15) is 24.5 Å². The number of carbonyl (C=O) groups excluding carboxylic acids is 3. The van der Waals surface area contributed by atoms with Crippen LogP contribution in [0.2, 0.25) is 0 Å². The number of amides is 2. The molecule has 9 heteroatoms. The van der Waals surface area contributed by atoms with Gasteiger partial charge in [-0.15, -0.1) is 0 Å². The van der Waals surface area contributed by atoms with Crippen molar-refractivity contribution < 1.29 is 28.8 Å². The zero-order valence-corrected chi connectivity index (χ0v) is 14.0. The van der Waals surface area contributed by atoms with Crippen molar-refractivity contribution in [3.05, 3.63) is 33.9 Å². The van der Waals surface area contributed by atoms with Gasteiger partial charge >= 0.3 is 12.1 Å². The number of rotatable bonds is 3. The van der Waals surface area contributed by atoms with Crippen molar-refractivity contribution in [1.29, 1.82) is 0 Å². The Kier molecular flexibility index (Phi) is 5.62. The Hall–Kier alpha value is -2.97. The maximum atomic E-state index is 12.3. The third-order valence-electron chi connectivity index (χ3n) is 2.73. The molecule has 0 unspecified atom stereocenters. The van der Waals surface area contributed by atoms with Crippen LogP contribution in [0.25, 0.3) is 0 Å². The van der Waals surface area contributed by atoms with Crippen LogP contribution in [-0.2, 0) is 14.3 Å². The van der Waals surface area contributed by atoms with E-state index in [1.54, 1.807) is 20.8 Å². The first-order valence-electron chi connectivity index (χ1n) is 6.89. The third kappa shape index (κ3) is 4.28. The fourth-order valence-corrected chi connectivity index (χ4v) is 1.87. The Morgan fingerprint density at radius 3 is 2.21 bits per heavy atom. The number of nitro groups is 1. The topological polar surface area (TPSA) is 116 Å². The van der Waals surface area contributed by atoms with Crippen molar-refractivity contribution in [2.24, 2.45) is 0 Å². The number of hydrogen-bond acceptors (Lipinski definition) is 7. The van der Waals surface area contributed by atoms with Gasteiger partial charge in [0.05, 0.1) is 17.6 Å². The summed E-state index contributed by atoms with van der Waals surface area (Å²) in [5.74, 6) is -1.77. The summed E-state index contributed by atoms with van der Waals surface area (Å²) in [6, 6.07) is 3.54. The minimum Gasteiger partial charge on any atom is -0.465 e. The zero-order valence-electron chi connectivity index (χ0n) is 14.0.